The summed E-state index contributed by atoms with van der Waals surface area (Å²) in [5, 5.41) is 0. The maximum atomic E-state index is 13.1. The van der Waals surface area contributed by atoms with Crippen molar-refractivity contribution in [3.63, 3.8) is 0 Å². The van der Waals surface area contributed by atoms with Gasteiger partial charge in [-0.2, -0.15) is 0 Å². The van der Waals surface area contributed by atoms with Gasteiger partial charge in [-0.3, -0.25) is 4.79 Å². The molecule has 0 saturated carbocycles. The molecule has 0 amide bonds. The van der Waals surface area contributed by atoms with Crippen LogP contribution in [-0.4, -0.2) is 46.9 Å². The highest BCUT2D eigenvalue weighted by atomic mass is 16.5. The zero-order valence-corrected chi connectivity index (χ0v) is 14.9. The molecule has 0 radical (unpaired) electrons. The Balaban J connectivity index is 1.46. The number of hydrogen-bond donors (Lipinski definition) is 1. The molecular formula is C20H25N4O2+. The molecule has 0 aromatic carbocycles. The monoisotopic (exact) mass is 353 g/mol. The summed E-state index contributed by atoms with van der Waals surface area (Å²) in [6.07, 6.45) is 8.51. The fourth-order valence-electron chi connectivity index (χ4n) is 5.20. The van der Waals surface area contributed by atoms with Gasteiger partial charge in [-0.25, -0.2) is 9.97 Å². The first kappa shape index (κ1) is 16.1. The Labute approximate surface area is 152 Å². The number of nitrogens with one attached hydrogen (secondary N) is 1. The fourth-order valence-corrected chi connectivity index (χ4v) is 5.20. The summed E-state index contributed by atoms with van der Waals surface area (Å²) in [5.74, 6) is 1.09. The van der Waals surface area contributed by atoms with Crippen LogP contribution >= 0.6 is 0 Å². The van der Waals surface area contributed by atoms with Gasteiger partial charge in [0.25, 0.3) is 5.56 Å². The summed E-state index contributed by atoms with van der Waals surface area (Å²) in [4.78, 5) is 23.0. The SMILES string of the molecule is O=c1c(-c2cncnc2)ccc2n1C[C@H]1C[C@@H]2C[NH+](C2CCOCC2)C1. The van der Waals surface area contributed by atoms with Gasteiger partial charge >= 0.3 is 0 Å². The molecule has 6 heteroatoms. The molecule has 3 aliphatic heterocycles. The van der Waals surface area contributed by atoms with E-state index in [0.29, 0.717) is 17.4 Å². The van der Waals surface area contributed by atoms with Crippen LogP contribution in [0.3, 0.4) is 0 Å². The van der Waals surface area contributed by atoms with Crippen molar-refractivity contribution in [3.8, 4) is 11.1 Å². The highest BCUT2D eigenvalue weighted by Gasteiger charge is 2.40. The number of piperidine rings is 1. The summed E-state index contributed by atoms with van der Waals surface area (Å²) in [7, 11) is 0. The molecule has 6 nitrogen and oxygen atoms in total. The minimum Gasteiger partial charge on any atom is -0.381 e. The van der Waals surface area contributed by atoms with E-state index in [1.165, 1.54) is 37.8 Å². The molecule has 2 bridgehead atoms. The summed E-state index contributed by atoms with van der Waals surface area (Å²) in [5.41, 5.74) is 2.85. The van der Waals surface area contributed by atoms with Crippen LogP contribution in [0.2, 0.25) is 0 Å². The fraction of sp³-hybridized carbons (Fsp3) is 0.550. The smallest absolute Gasteiger partial charge is 0.258 e. The molecule has 3 atom stereocenters. The first-order valence-corrected chi connectivity index (χ1v) is 9.71. The van der Waals surface area contributed by atoms with E-state index in [9.17, 15) is 4.79 Å². The zero-order valence-electron chi connectivity index (χ0n) is 14.9. The number of ether oxygens (including phenoxy) is 1. The molecule has 2 aromatic heterocycles. The quantitative estimate of drug-likeness (QED) is 0.853. The van der Waals surface area contributed by atoms with Crippen molar-refractivity contribution in [2.75, 3.05) is 26.3 Å². The van der Waals surface area contributed by atoms with E-state index in [1.807, 2.05) is 10.6 Å². The Morgan fingerprint density at radius 1 is 1.12 bits per heavy atom. The van der Waals surface area contributed by atoms with Crippen molar-refractivity contribution in [2.24, 2.45) is 5.92 Å². The number of aromatic nitrogens is 3. The summed E-state index contributed by atoms with van der Waals surface area (Å²) < 4.78 is 7.57. The van der Waals surface area contributed by atoms with Gasteiger partial charge in [0.1, 0.15) is 6.33 Å². The van der Waals surface area contributed by atoms with Crippen LogP contribution in [0.1, 0.15) is 30.9 Å². The van der Waals surface area contributed by atoms with Gasteiger partial charge in [0, 0.05) is 54.9 Å². The topological polar surface area (TPSA) is 61.5 Å². The number of quaternary nitrogens is 1. The first-order valence-electron chi connectivity index (χ1n) is 9.71. The predicted molar refractivity (Wildman–Crippen MR) is 97.1 cm³/mol. The normalized spacial score (nSPS) is 28.5. The minimum absolute atomic E-state index is 0.113. The van der Waals surface area contributed by atoms with E-state index in [-0.39, 0.29) is 5.56 Å². The average Bonchev–Trinajstić information content (AvgIpc) is 2.70. The maximum Gasteiger partial charge on any atom is 0.258 e. The van der Waals surface area contributed by atoms with Gasteiger partial charge in [0.05, 0.1) is 37.9 Å². The average molecular weight is 353 g/mol. The molecule has 26 heavy (non-hydrogen) atoms. The second-order valence-corrected chi connectivity index (χ2v) is 7.97. The van der Waals surface area contributed by atoms with Crippen LogP contribution in [0.15, 0.2) is 35.6 Å². The molecule has 136 valence electrons. The Hall–Kier alpha value is -2.05. The Morgan fingerprint density at radius 3 is 2.73 bits per heavy atom. The van der Waals surface area contributed by atoms with Gasteiger partial charge in [-0.05, 0) is 18.6 Å². The van der Waals surface area contributed by atoms with Gasteiger partial charge in [-0.15, -0.1) is 0 Å². The molecule has 5 rings (SSSR count). The molecule has 0 aliphatic carbocycles. The van der Waals surface area contributed by atoms with Crippen LogP contribution in [0.25, 0.3) is 11.1 Å². The molecule has 2 aromatic rings. The van der Waals surface area contributed by atoms with Gasteiger partial charge in [0.2, 0.25) is 0 Å². The van der Waals surface area contributed by atoms with E-state index < -0.39 is 0 Å². The van der Waals surface area contributed by atoms with Crippen LogP contribution in [0, 0.1) is 5.92 Å². The summed E-state index contributed by atoms with van der Waals surface area (Å²) in [6.45, 7) is 4.99. The third kappa shape index (κ3) is 2.77. The Kier molecular flexibility index (Phi) is 4.10. The second-order valence-electron chi connectivity index (χ2n) is 7.97. The van der Waals surface area contributed by atoms with Crippen LogP contribution in [-0.2, 0) is 11.3 Å². The number of pyridine rings is 1. The summed E-state index contributed by atoms with van der Waals surface area (Å²) >= 11 is 0. The van der Waals surface area contributed by atoms with Gasteiger partial charge in [-0.1, -0.05) is 0 Å². The molecule has 3 aliphatic rings. The van der Waals surface area contributed by atoms with E-state index in [2.05, 4.69) is 16.0 Å². The number of hydrogen-bond acceptors (Lipinski definition) is 4. The van der Waals surface area contributed by atoms with E-state index >= 15 is 0 Å². The van der Waals surface area contributed by atoms with Gasteiger partial charge < -0.3 is 14.2 Å². The first-order chi connectivity index (χ1) is 12.8. The van der Waals surface area contributed by atoms with Crippen molar-refractivity contribution < 1.29 is 9.64 Å². The lowest BCUT2D eigenvalue weighted by atomic mass is 9.81. The Bertz CT molecular complexity index is 845. The zero-order chi connectivity index (χ0) is 17.5. The number of likely N-dealkylation sites (tertiary alicyclic amines) is 1. The van der Waals surface area contributed by atoms with Crippen LogP contribution in [0.4, 0.5) is 0 Å². The molecule has 2 fully saturated rings. The number of nitrogens with zero attached hydrogens (tertiary/aromatic N) is 3. The van der Waals surface area contributed by atoms with Crippen LogP contribution in [0.5, 0.6) is 0 Å². The molecule has 2 saturated heterocycles. The van der Waals surface area contributed by atoms with Crippen molar-refractivity contribution in [1.29, 1.82) is 0 Å². The third-order valence-corrected chi connectivity index (χ3v) is 6.41. The standard InChI is InChI=1S/C20H24N4O2/c25-20-18(16-8-21-13-22-9-16)1-2-19-15-7-14(11-24(19)20)10-23(12-15)17-3-5-26-6-4-17/h1-2,8-9,13-15,17H,3-7,10-12H2/p+1/t14-,15+/m0/s1. The summed E-state index contributed by atoms with van der Waals surface area (Å²) in [6, 6.07) is 4.86. The third-order valence-electron chi connectivity index (χ3n) is 6.41. The number of fused-ring (bicyclic) bond motifs is 4. The van der Waals surface area contributed by atoms with Crippen LogP contribution < -0.4 is 10.5 Å². The van der Waals surface area contributed by atoms with Crippen molar-refractivity contribution in [1.82, 2.24) is 14.5 Å². The van der Waals surface area contributed by atoms with E-state index in [4.69, 9.17) is 4.74 Å². The van der Waals surface area contributed by atoms with Crippen molar-refractivity contribution >= 4 is 0 Å². The largest absolute Gasteiger partial charge is 0.381 e. The molecule has 5 heterocycles. The van der Waals surface area contributed by atoms with Crippen molar-refractivity contribution in [2.45, 2.75) is 37.8 Å². The molecule has 0 spiro atoms. The molecular weight excluding hydrogens is 328 g/mol. The lowest BCUT2D eigenvalue weighted by Gasteiger charge is -2.44. The Morgan fingerprint density at radius 2 is 1.92 bits per heavy atom. The van der Waals surface area contributed by atoms with E-state index in [1.54, 1.807) is 17.3 Å². The maximum absolute atomic E-state index is 13.1. The number of rotatable bonds is 2. The predicted octanol–water partition coefficient (Wildman–Crippen LogP) is 0.486. The highest BCUT2D eigenvalue weighted by Crippen LogP contribution is 2.31. The minimum atomic E-state index is 0.113. The molecule has 1 N–H and O–H groups in total. The van der Waals surface area contributed by atoms with Crippen molar-refractivity contribution in [3.05, 3.63) is 46.9 Å². The van der Waals surface area contributed by atoms with E-state index in [0.717, 1.165) is 37.9 Å². The highest BCUT2D eigenvalue weighted by molar-refractivity contribution is 5.60. The lowest BCUT2D eigenvalue weighted by molar-refractivity contribution is -0.937. The second kappa shape index (κ2) is 6.59. The lowest BCUT2D eigenvalue weighted by Crippen LogP contribution is -3.18. The molecule has 1 unspecified atom stereocenters. The van der Waals surface area contributed by atoms with Gasteiger partial charge in [0.15, 0.2) is 0 Å².